The molecule has 1 heterocycles. The third-order valence-corrected chi connectivity index (χ3v) is 5.62. The minimum absolute atomic E-state index is 0.205. The highest BCUT2D eigenvalue weighted by Crippen LogP contribution is 2.44. The van der Waals surface area contributed by atoms with Gasteiger partial charge in [0.05, 0.1) is 24.4 Å². The van der Waals surface area contributed by atoms with E-state index < -0.39 is 0 Å². The number of esters is 1. The van der Waals surface area contributed by atoms with Crippen LogP contribution in [0.1, 0.15) is 37.7 Å². The average Bonchev–Trinajstić information content (AvgIpc) is 3.45. The van der Waals surface area contributed by atoms with Gasteiger partial charge in [0.15, 0.2) is 13.0 Å². The van der Waals surface area contributed by atoms with E-state index in [4.69, 9.17) is 12.6 Å². The Balaban J connectivity index is 1.67. The molecule has 0 atom stereocenters. The lowest BCUT2D eigenvalue weighted by Crippen LogP contribution is -2.18. The Bertz CT molecular complexity index is 985. The first-order chi connectivity index (χ1) is 13.2. The van der Waals surface area contributed by atoms with Crippen LogP contribution in [-0.4, -0.2) is 40.9 Å². The van der Waals surface area contributed by atoms with Gasteiger partial charge in [-0.1, -0.05) is 42.1 Å². The lowest BCUT2D eigenvalue weighted by Gasteiger charge is -2.14. The molecule has 1 aromatic heterocycles. The first kappa shape index (κ1) is 18.1. The van der Waals surface area contributed by atoms with E-state index in [2.05, 4.69) is 40.5 Å². The van der Waals surface area contributed by atoms with Gasteiger partial charge >= 0.3 is 5.97 Å². The molecule has 1 fully saturated rings. The standard InChI is InChI=1S/C20H20BN3O2S/c1-2-26-18(25)11-12-27-20-23-22-19(21)24(20)17-10-9-14(13-7-8-13)15-5-3-4-6-16(15)17/h3-6,9-10,13H,2,7-8,11-12H2,1H3. The van der Waals surface area contributed by atoms with Crippen molar-refractivity contribution in [1.82, 2.24) is 14.8 Å². The minimum Gasteiger partial charge on any atom is -0.466 e. The first-order valence-corrected chi connectivity index (χ1v) is 10.2. The van der Waals surface area contributed by atoms with E-state index in [0.29, 0.717) is 35.6 Å². The fourth-order valence-corrected chi connectivity index (χ4v) is 4.18. The van der Waals surface area contributed by atoms with Crippen LogP contribution in [0.25, 0.3) is 16.5 Å². The maximum atomic E-state index is 11.6. The number of carbonyl (C=O) groups is 1. The molecular weight excluding hydrogens is 357 g/mol. The molecule has 0 unspecified atom stereocenters. The normalized spacial score (nSPS) is 13.8. The van der Waals surface area contributed by atoms with Crippen molar-refractivity contribution in [3.8, 4) is 5.69 Å². The summed E-state index contributed by atoms with van der Waals surface area (Å²) in [5.74, 6) is 1.03. The molecule has 0 N–H and O–H groups in total. The predicted octanol–water partition coefficient (Wildman–Crippen LogP) is 3.14. The Morgan fingerprint density at radius 1 is 1.22 bits per heavy atom. The Kier molecular flexibility index (Phi) is 5.21. The maximum Gasteiger partial charge on any atom is 0.306 e. The highest BCUT2D eigenvalue weighted by Gasteiger charge is 2.26. The molecule has 1 aliphatic carbocycles. The van der Waals surface area contributed by atoms with Gasteiger partial charge in [-0.05, 0) is 42.7 Å². The second-order valence-corrected chi connectivity index (χ2v) is 7.64. The van der Waals surface area contributed by atoms with Crippen molar-refractivity contribution in [2.24, 2.45) is 0 Å². The second-order valence-electron chi connectivity index (χ2n) is 6.57. The van der Waals surface area contributed by atoms with E-state index >= 15 is 0 Å². The molecule has 5 nitrogen and oxygen atoms in total. The molecule has 136 valence electrons. The topological polar surface area (TPSA) is 57.0 Å². The predicted molar refractivity (Wildman–Crippen MR) is 108 cm³/mol. The fourth-order valence-electron chi connectivity index (χ4n) is 3.31. The molecule has 27 heavy (non-hydrogen) atoms. The van der Waals surface area contributed by atoms with Crippen LogP contribution < -0.4 is 5.72 Å². The highest BCUT2D eigenvalue weighted by molar-refractivity contribution is 7.99. The Morgan fingerprint density at radius 2 is 2.00 bits per heavy atom. The minimum atomic E-state index is -0.205. The van der Waals surface area contributed by atoms with Crippen molar-refractivity contribution < 1.29 is 9.53 Å². The van der Waals surface area contributed by atoms with E-state index in [1.807, 2.05) is 10.6 Å². The van der Waals surface area contributed by atoms with Crippen LogP contribution in [0.3, 0.4) is 0 Å². The average molecular weight is 377 g/mol. The van der Waals surface area contributed by atoms with Gasteiger partial charge < -0.3 is 4.74 Å². The number of rotatable bonds is 7. The number of benzene rings is 2. The largest absolute Gasteiger partial charge is 0.466 e. The zero-order chi connectivity index (χ0) is 18.8. The van der Waals surface area contributed by atoms with Gasteiger partial charge in [-0.15, -0.1) is 10.2 Å². The van der Waals surface area contributed by atoms with E-state index in [1.165, 1.54) is 35.6 Å². The van der Waals surface area contributed by atoms with Gasteiger partial charge in [-0.2, -0.15) is 0 Å². The van der Waals surface area contributed by atoms with Crippen molar-refractivity contribution in [3.63, 3.8) is 0 Å². The van der Waals surface area contributed by atoms with Crippen molar-refractivity contribution >= 4 is 42.1 Å². The molecule has 7 heteroatoms. The van der Waals surface area contributed by atoms with E-state index in [-0.39, 0.29) is 5.97 Å². The summed E-state index contributed by atoms with van der Waals surface area (Å²) in [4.78, 5) is 11.6. The van der Waals surface area contributed by atoms with Crippen molar-refractivity contribution in [3.05, 3.63) is 42.0 Å². The fraction of sp³-hybridized carbons (Fsp3) is 0.350. The van der Waals surface area contributed by atoms with Crippen molar-refractivity contribution in [2.75, 3.05) is 12.4 Å². The molecule has 0 amide bonds. The number of hydrogen-bond acceptors (Lipinski definition) is 5. The summed E-state index contributed by atoms with van der Waals surface area (Å²) in [7, 11) is 6.14. The first-order valence-electron chi connectivity index (χ1n) is 9.20. The van der Waals surface area contributed by atoms with E-state index in [9.17, 15) is 4.79 Å². The highest BCUT2D eigenvalue weighted by atomic mass is 32.2. The van der Waals surface area contributed by atoms with Gasteiger partial charge in [0.1, 0.15) is 0 Å². The van der Waals surface area contributed by atoms with Crippen LogP contribution >= 0.6 is 11.8 Å². The lowest BCUT2D eigenvalue weighted by atomic mass is 9.99. The molecule has 0 saturated heterocycles. The zero-order valence-electron chi connectivity index (χ0n) is 15.2. The molecule has 2 aromatic carbocycles. The number of carbonyl (C=O) groups excluding carboxylic acids is 1. The smallest absolute Gasteiger partial charge is 0.306 e. The van der Waals surface area contributed by atoms with Gasteiger partial charge in [0.25, 0.3) is 0 Å². The summed E-state index contributed by atoms with van der Waals surface area (Å²) >= 11 is 1.46. The summed E-state index contributed by atoms with van der Waals surface area (Å²) in [6, 6.07) is 12.7. The molecule has 3 aromatic rings. The summed E-state index contributed by atoms with van der Waals surface area (Å²) in [6.07, 6.45) is 2.84. The second kappa shape index (κ2) is 7.76. The van der Waals surface area contributed by atoms with Crippen LogP contribution in [0, 0.1) is 0 Å². The lowest BCUT2D eigenvalue weighted by molar-refractivity contribution is -0.142. The quantitative estimate of drug-likeness (QED) is 0.360. The Hall–Kier alpha value is -2.28. The van der Waals surface area contributed by atoms with Gasteiger partial charge in [-0.3, -0.25) is 9.36 Å². The number of fused-ring (bicyclic) bond motifs is 1. The number of ether oxygens (including phenoxy) is 1. The van der Waals surface area contributed by atoms with E-state index in [0.717, 1.165) is 11.1 Å². The van der Waals surface area contributed by atoms with Gasteiger partial charge in [-0.25, -0.2) is 0 Å². The molecule has 0 aliphatic heterocycles. The molecule has 1 saturated carbocycles. The third kappa shape index (κ3) is 3.74. The number of nitrogens with zero attached hydrogens (tertiary/aromatic N) is 3. The molecular formula is C20H20BN3O2S. The number of thioether (sulfide) groups is 1. The number of aromatic nitrogens is 3. The number of hydrogen-bond donors (Lipinski definition) is 0. The molecule has 0 spiro atoms. The van der Waals surface area contributed by atoms with Gasteiger partial charge in [0, 0.05) is 11.1 Å². The summed E-state index contributed by atoms with van der Waals surface area (Å²) in [5, 5.41) is 11.3. The van der Waals surface area contributed by atoms with Crippen LogP contribution in [0.15, 0.2) is 41.6 Å². The Morgan fingerprint density at radius 3 is 2.74 bits per heavy atom. The van der Waals surface area contributed by atoms with Crippen LogP contribution in [-0.2, 0) is 9.53 Å². The van der Waals surface area contributed by atoms with Crippen LogP contribution in [0.2, 0.25) is 0 Å². The summed E-state index contributed by atoms with van der Waals surface area (Å²) in [6.45, 7) is 2.20. The van der Waals surface area contributed by atoms with Gasteiger partial charge in [0.2, 0.25) is 0 Å². The molecule has 0 bridgehead atoms. The van der Waals surface area contributed by atoms with Crippen LogP contribution in [0.4, 0.5) is 0 Å². The molecule has 1 aliphatic rings. The Labute approximate surface area is 163 Å². The third-order valence-electron chi connectivity index (χ3n) is 4.69. The SMILES string of the molecule is [B]c1nnc(SCCC(=O)OCC)n1-c1ccc(C2CC2)c2ccccc12. The van der Waals surface area contributed by atoms with Crippen LogP contribution in [0.5, 0.6) is 0 Å². The monoisotopic (exact) mass is 377 g/mol. The summed E-state index contributed by atoms with van der Waals surface area (Å²) in [5.41, 5.74) is 2.71. The van der Waals surface area contributed by atoms with Crippen molar-refractivity contribution in [2.45, 2.75) is 37.3 Å². The van der Waals surface area contributed by atoms with Crippen molar-refractivity contribution in [1.29, 1.82) is 0 Å². The molecule has 2 radical (unpaired) electrons. The van der Waals surface area contributed by atoms with E-state index in [1.54, 1.807) is 6.92 Å². The maximum absolute atomic E-state index is 11.6. The summed E-state index contributed by atoms with van der Waals surface area (Å²) < 4.78 is 6.85. The zero-order valence-corrected chi connectivity index (χ0v) is 16.0. The molecule has 4 rings (SSSR count).